The summed E-state index contributed by atoms with van der Waals surface area (Å²) in [5.74, 6) is -2.28. The van der Waals surface area contributed by atoms with Crippen molar-refractivity contribution in [2.45, 2.75) is 13.0 Å². The molecule has 1 unspecified atom stereocenters. The molecule has 1 saturated heterocycles. The van der Waals surface area contributed by atoms with Crippen LogP contribution in [0.2, 0.25) is 0 Å². The van der Waals surface area contributed by atoms with E-state index in [1.54, 1.807) is 6.07 Å². The number of aliphatic carboxylic acids is 1. The Bertz CT molecular complexity index is 804. The van der Waals surface area contributed by atoms with Gasteiger partial charge in [0.15, 0.2) is 6.10 Å². The lowest BCUT2D eigenvalue weighted by molar-refractivity contribution is -0.154. The van der Waals surface area contributed by atoms with Gasteiger partial charge in [-0.2, -0.15) is 0 Å². The number of carbonyl (C=O) groups excluding carboxylic acids is 1. The number of nitrogens with zero attached hydrogens (tertiary/aromatic N) is 1. The van der Waals surface area contributed by atoms with Crippen LogP contribution in [-0.2, 0) is 9.53 Å². The Morgan fingerprint density at radius 2 is 1.84 bits per heavy atom. The van der Waals surface area contributed by atoms with Crippen molar-refractivity contribution in [3.63, 3.8) is 0 Å². The van der Waals surface area contributed by atoms with Gasteiger partial charge in [0.1, 0.15) is 5.82 Å². The summed E-state index contributed by atoms with van der Waals surface area (Å²) in [4.78, 5) is 24.8. The summed E-state index contributed by atoms with van der Waals surface area (Å²) in [6, 6.07) is 12.1. The third kappa shape index (κ3) is 3.69. The molecule has 0 saturated carbocycles. The summed E-state index contributed by atoms with van der Waals surface area (Å²) in [6.45, 7) is 2.24. The predicted molar refractivity (Wildman–Crippen MR) is 89.9 cm³/mol. The number of halogens is 1. The molecule has 1 aliphatic heterocycles. The molecule has 0 aromatic heterocycles. The van der Waals surface area contributed by atoms with Crippen LogP contribution < -0.4 is 0 Å². The number of morpholine rings is 1. The number of ether oxygens (including phenoxy) is 1. The smallest absolute Gasteiger partial charge is 0.334 e. The molecule has 0 aliphatic carbocycles. The SMILES string of the molecule is Cc1ccc(-c2ccc(C(=O)N3CCOC(C(=O)O)C3)c(F)c2)cc1. The monoisotopic (exact) mass is 343 g/mol. The van der Waals surface area contributed by atoms with E-state index in [1.165, 1.54) is 17.0 Å². The van der Waals surface area contributed by atoms with E-state index in [0.29, 0.717) is 5.56 Å². The van der Waals surface area contributed by atoms with Crippen LogP contribution in [0.15, 0.2) is 42.5 Å². The van der Waals surface area contributed by atoms with Gasteiger partial charge in [0, 0.05) is 6.54 Å². The minimum Gasteiger partial charge on any atom is -0.479 e. The van der Waals surface area contributed by atoms with E-state index in [9.17, 15) is 14.0 Å². The summed E-state index contributed by atoms with van der Waals surface area (Å²) < 4.78 is 19.6. The van der Waals surface area contributed by atoms with Crippen molar-refractivity contribution >= 4 is 11.9 Å². The highest BCUT2D eigenvalue weighted by atomic mass is 19.1. The fourth-order valence-electron chi connectivity index (χ4n) is 2.77. The number of amides is 1. The number of hydrogen-bond acceptors (Lipinski definition) is 3. The van der Waals surface area contributed by atoms with Crippen LogP contribution in [0.1, 0.15) is 15.9 Å². The quantitative estimate of drug-likeness (QED) is 0.931. The second-order valence-electron chi connectivity index (χ2n) is 6.01. The Balaban J connectivity index is 1.81. The van der Waals surface area contributed by atoms with E-state index in [1.807, 2.05) is 31.2 Å². The van der Waals surface area contributed by atoms with Gasteiger partial charge in [0.05, 0.1) is 18.7 Å². The van der Waals surface area contributed by atoms with Gasteiger partial charge in [0.2, 0.25) is 0 Å². The number of aryl methyl sites for hydroxylation is 1. The van der Waals surface area contributed by atoms with Crippen LogP contribution in [0.5, 0.6) is 0 Å². The lowest BCUT2D eigenvalue weighted by atomic mass is 10.0. The first-order valence-electron chi connectivity index (χ1n) is 7.96. The van der Waals surface area contributed by atoms with Gasteiger partial charge in [-0.15, -0.1) is 0 Å². The first-order valence-corrected chi connectivity index (χ1v) is 7.96. The molecule has 1 heterocycles. The van der Waals surface area contributed by atoms with Crippen LogP contribution >= 0.6 is 0 Å². The lowest BCUT2D eigenvalue weighted by Gasteiger charge is -2.31. The number of carboxylic acid groups (broad SMARTS) is 1. The number of carboxylic acids is 1. The average molecular weight is 343 g/mol. The number of carbonyl (C=O) groups is 2. The molecule has 2 aromatic carbocycles. The molecule has 0 radical (unpaired) electrons. The van der Waals surface area contributed by atoms with Gasteiger partial charge in [-0.25, -0.2) is 9.18 Å². The minimum absolute atomic E-state index is 0.0677. The lowest BCUT2D eigenvalue weighted by Crippen LogP contribution is -2.48. The summed E-state index contributed by atoms with van der Waals surface area (Å²) in [5.41, 5.74) is 2.58. The predicted octanol–water partition coefficient (Wildman–Crippen LogP) is 2.73. The minimum atomic E-state index is -1.13. The highest BCUT2D eigenvalue weighted by molar-refractivity contribution is 5.95. The van der Waals surface area contributed by atoms with Crippen molar-refractivity contribution in [2.24, 2.45) is 0 Å². The van der Waals surface area contributed by atoms with Gasteiger partial charge in [0.25, 0.3) is 5.91 Å². The topological polar surface area (TPSA) is 66.8 Å². The molecule has 1 amide bonds. The zero-order valence-corrected chi connectivity index (χ0v) is 13.7. The van der Waals surface area contributed by atoms with Crippen LogP contribution in [0.3, 0.4) is 0 Å². The van der Waals surface area contributed by atoms with Crippen LogP contribution in [0.4, 0.5) is 4.39 Å². The first kappa shape index (κ1) is 17.1. The summed E-state index contributed by atoms with van der Waals surface area (Å²) in [7, 11) is 0. The third-order valence-corrected chi connectivity index (χ3v) is 4.21. The zero-order valence-electron chi connectivity index (χ0n) is 13.7. The number of benzene rings is 2. The third-order valence-electron chi connectivity index (χ3n) is 4.21. The maximum Gasteiger partial charge on any atom is 0.334 e. The molecule has 1 aliphatic rings. The summed E-state index contributed by atoms with van der Waals surface area (Å²) >= 11 is 0. The second kappa shape index (κ2) is 7.03. The van der Waals surface area contributed by atoms with Crippen molar-refractivity contribution in [3.05, 3.63) is 59.4 Å². The fraction of sp³-hybridized carbons (Fsp3) is 0.263. The standard InChI is InChI=1S/C19H18FNO4/c1-12-2-4-13(5-3-12)14-6-7-15(16(20)10-14)18(22)21-8-9-25-17(11-21)19(23)24/h2-7,10,17H,8-9,11H2,1H3,(H,23,24). The van der Waals surface area contributed by atoms with E-state index in [4.69, 9.17) is 9.84 Å². The van der Waals surface area contributed by atoms with Crippen molar-refractivity contribution in [1.82, 2.24) is 4.90 Å². The highest BCUT2D eigenvalue weighted by Crippen LogP contribution is 2.23. The summed E-state index contributed by atoms with van der Waals surface area (Å²) in [6.07, 6.45) is -1.08. The van der Waals surface area contributed by atoms with Crippen molar-refractivity contribution in [3.8, 4) is 11.1 Å². The molecule has 25 heavy (non-hydrogen) atoms. The largest absolute Gasteiger partial charge is 0.479 e. The normalized spacial score (nSPS) is 17.4. The number of rotatable bonds is 3. The molecule has 1 atom stereocenters. The molecule has 0 bridgehead atoms. The maximum atomic E-state index is 14.5. The maximum absolute atomic E-state index is 14.5. The van der Waals surface area contributed by atoms with Gasteiger partial charge in [-0.3, -0.25) is 4.79 Å². The fourth-order valence-corrected chi connectivity index (χ4v) is 2.77. The Kier molecular flexibility index (Phi) is 4.81. The van der Waals surface area contributed by atoms with Crippen LogP contribution in [-0.4, -0.2) is 47.7 Å². The second-order valence-corrected chi connectivity index (χ2v) is 6.01. The van der Waals surface area contributed by atoms with Gasteiger partial charge >= 0.3 is 5.97 Å². The Labute approximate surface area is 144 Å². The molecule has 130 valence electrons. The molecular formula is C19H18FNO4. The molecule has 3 rings (SSSR count). The molecule has 6 heteroatoms. The van der Waals surface area contributed by atoms with Crippen molar-refractivity contribution in [2.75, 3.05) is 19.7 Å². The van der Waals surface area contributed by atoms with Gasteiger partial charge in [-0.1, -0.05) is 35.9 Å². The van der Waals surface area contributed by atoms with Gasteiger partial charge < -0.3 is 14.7 Å². The first-order chi connectivity index (χ1) is 12.0. The summed E-state index contributed by atoms with van der Waals surface area (Å²) in [5, 5.41) is 9.01. The average Bonchev–Trinajstić information content (AvgIpc) is 2.62. The Morgan fingerprint density at radius 3 is 2.48 bits per heavy atom. The van der Waals surface area contributed by atoms with Crippen LogP contribution in [0.25, 0.3) is 11.1 Å². The highest BCUT2D eigenvalue weighted by Gasteiger charge is 2.30. The van der Waals surface area contributed by atoms with E-state index in [2.05, 4.69) is 0 Å². The van der Waals surface area contributed by atoms with E-state index in [0.717, 1.165) is 11.1 Å². The molecule has 5 nitrogen and oxygen atoms in total. The van der Waals surface area contributed by atoms with E-state index >= 15 is 0 Å². The zero-order chi connectivity index (χ0) is 18.0. The Hall–Kier alpha value is -2.73. The van der Waals surface area contributed by atoms with Crippen molar-refractivity contribution < 1.29 is 23.8 Å². The molecule has 0 spiro atoms. The molecular weight excluding hydrogens is 325 g/mol. The molecule has 1 N–H and O–H groups in total. The van der Waals surface area contributed by atoms with Crippen LogP contribution in [0, 0.1) is 12.7 Å². The van der Waals surface area contributed by atoms with E-state index in [-0.39, 0.29) is 25.3 Å². The Morgan fingerprint density at radius 1 is 1.16 bits per heavy atom. The number of hydrogen-bond donors (Lipinski definition) is 1. The molecule has 2 aromatic rings. The molecule has 1 fully saturated rings. The van der Waals surface area contributed by atoms with Crippen molar-refractivity contribution in [1.29, 1.82) is 0 Å². The van der Waals surface area contributed by atoms with E-state index < -0.39 is 23.8 Å². The van der Waals surface area contributed by atoms with Gasteiger partial charge in [-0.05, 0) is 30.2 Å².